The maximum absolute atomic E-state index is 12.3. The van der Waals surface area contributed by atoms with Crippen molar-refractivity contribution in [3.05, 3.63) is 39.3 Å². The zero-order chi connectivity index (χ0) is 17.2. The lowest BCUT2D eigenvalue weighted by atomic mass is 9.94. The average molecular weight is 452 g/mol. The minimum absolute atomic E-state index is 0.0512. The van der Waals surface area contributed by atoms with E-state index in [0.29, 0.717) is 15.1 Å². The molecule has 2 aromatic rings. The molecule has 0 radical (unpaired) electrons. The Kier molecular flexibility index (Phi) is 5.82. The third-order valence-corrected chi connectivity index (χ3v) is 7.66. The molecule has 2 heterocycles. The zero-order valence-electron chi connectivity index (χ0n) is 12.6. The van der Waals surface area contributed by atoms with Crippen molar-refractivity contribution in [2.75, 3.05) is 0 Å². The number of nitrogens with zero attached hydrogens (tertiary/aromatic N) is 1. The van der Waals surface area contributed by atoms with Crippen molar-refractivity contribution in [3.8, 4) is 5.88 Å². The van der Waals surface area contributed by atoms with Crippen LogP contribution in [0.3, 0.4) is 0 Å². The Labute approximate surface area is 158 Å². The van der Waals surface area contributed by atoms with Crippen LogP contribution in [0.1, 0.15) is 25.7 Å². The highest BCUT2D eigenvalue weighted by Crippen LogP contribution is 2.28. The van der Waals surface area contributed by atoms with Gasteiger partial charge in [-0.1, -0.05) is 11.6 Å². The molecule has 1 saturated carbocycles. The molecule has 9 heteroatoms. The second-order valence-corrected chi connectivity index (χ2v) is 10.4. The van der Waals surface area contributed by atoms with Gasteiger partial charge in [0.1, 0.15) is 10.3 Å². The molecular formula is C15H16BrClN2O3S2. The van der Waals surface area contributed by atoms with Gasteiger partial charge in [0.15, 0.2) is 0 Å². The molecule has 0 atom stereocenters. The van der Waals surface area contributed by atoms with Crippen LogP contribution >= 0.6 is 38.9 Å². The second-order valence-electron chi connectivity index (χ2n) is 5.59. The summed E-state index contributed by atoms with van der Waals surface area (Å²) in [5.41, 5.74) is 0. The smallest absolute Gasteiger partial charge is 0.250 e. The van der Waals surface area contributed by atoms with Gasteiger partial charge >= 0.3 is 0 Å². The lowest BCUT2D eigenvalue weighted by Crippen LogP contribution is -2.39. The highest BCUT2D eigenvalue weighted by molar-refractivity contribution is 9.11. The van der Waals surface area contributed by atoms with Gasteiger partial charge in [-0.15, -0.1) is 11.3 Å². The normalized spacial score (nSPS) is 21.6. The van der Waals surface area contributed by atoms with Crippen LogP contribution in [0.25, 0.3) is 0 Å². The average Bonchev–Trinajstić information content (AvgIpc) is 2.99. The first-order valence-corrected chi connectivity index (χ1v) is 11.0. The molecule has 0 aromatic carbocycles. The predicted octanol–water partition coefficient (Wildman–Crippen LogP) is 4.23. The van der Waals surface area contributed by atoms with Crippen molar-refractivity contribution in [2.24, 2.45) is 0 Å². The number of aromatic nitrogens is 1. The number of halogens is 2. The first-order chi connectivity index (χ1) is 11.4. The van der Waals surface area contributed by atoms with E-state index in [1.54, 1.807) is 30.5 Å². The molecule has 0 bridgehead atoms. The van der Waals surface area contributed by atoms with Crippen molar-refractivity contribution >= 4 is 48.9 Å². The van der Waals surface area contributed by atoms with Crippen molar-refractivity contribution < 1.29 is 13.2 Å². The van der Waals surface area contributed by atoms with Crippen LogP contribution in [0.5, 0.6) is 5.88 Å². The molecule has 2 aromatic heterocycles. The topological polar surface area (TPSA) is 68.3 Å². The van der Waals surface area contributed by atoms with Crippen LogP contribution in [0.15, 0.2) is 38.5 Å². The van der Waals surface area contributed by atoms with E-state index in [1.165, 1.54) is 11.3 Å². The van der Waals surface area contributed by atoms with Crippen LogP contribution in [0.2, 0.25) is 5.02 Å². The molecule has 1 N–H and O–H groups in total. The fourth-order valence-electron chi connectivity index (χ4n) is 2.62. The SMILES string of the molecule is O=S(=O)(NC1CCC(Oc2ccc(Cl)cn2)CC1)c1ccc(Br)s1. The third kappa shape index (κ3) is 4.70. The molecule has 24 heavy (non-hydrogen) atoms. The quantitative estimate of drug-likeness (QED) is 0.739. The van der Waals surface area contributed by atoms with Crippen molar-refractivity contribution in [1.82, 2.24) is 9.71 Å². The Balaban J connectivity index is 1.52. The van der Waals surface area contributed by atoms with Crippen LogP contribution in [-0.2, 0) is 10.0 Å². The van der Waals surface area contributed by atoms with E-state index in [2.05, 4.69) is 25.6 Å². The van der Waals surface area contributed by atoms with Gasteiger partial charge < -0.3 is 4.74 Å². The predicted molar refractivity (Wildman–Crippen MR) is 98.3 cm³/mol. The Hall–Kier alpha value is -0.670. The number of sulfonamides is 1. The first kappa shape index (κ1) is 18.1. The second kappa shape index (κ2) is 7.70. The molecule has 0 amide bonds. The molecule has 5 nitrogen and oxygen atoms in total. The molecule has 0 saturated heterocycles. The summed E-state index contributed by atoms with van der Waals surface area (Å²) in [7, 11) is -3.45. The van der Waals surface area contributed by atoms with E-state index in [0.717, 1.165) is 29.5 Å². The lowest BCUT2D eigenvalue weighted by molar-refractivity contribution is 0.138. The van der Waals surface area contributed by atoms with Gasteiger partial charge in [0, 0.05) is 18.3 Å². The maximum Gasteiger partial charge on any atom is 0.250 e. The van der Waals surface area contributed by atoms with Crippen molar-refractivity contribution in [2.45, 2.75) is 42.0 Å². The standard InChI is InChI=1S/C15H16BrClN2O3S2/c16-13-6-8-15(23-13)24(20,21)19-11-2-4-12(5-3-11)22-14-7-1-10(17)9-18-14/h1,6-9,11-12,19H,2-5H2. The Morgan fingerprint density at radius 3 is 2.54 bits per heavy atom. The molecule has 130 valence electrons. The highest BCUT2D eigenvalue weighted by Gasteiger charge is 2.27. The summed E-state index contributed by atoms with van der Waals surface area (Å²) < 4.78 is 34.4. The Bertz CT molecular complexity index is 787. The molecule has 0 aliphatic heterocycles. The van der Waals surface area contributed by atoms with Crippen molar-refractivity contribution in [1.29, 1.82) is 0 Å². The van der Waals surface area contributed by atoms with Crippen LogP contribution in [0, 0.1) is 0 Å². The summed E-state index contributed by atoms with van der Waals surface area (Å²) in [6.45, 7) is 0. The monoisotopic (exact) mass is 450 g/mol. The number of thiophene rings is 1. The van der Waals surface area contributed by atoms with E-state index < -0.39 is 10.0 Å². The van der Waals surface area contributed by atoms with Gasteiger partial charge in [0.2, 0.25) is 15.9 Å². The summed E-state index contributed by atoms with van der Waals surface area (Å²) >= 11 is 10.3. The van der Waals surface area contributed by atoms with E-state index >= 15 is 0 Å². The van der Waals surface area contributed by atoms with Gasteiger partial charge in [-0.05, 0) is 59.8 Å². The van der Waals surface area contributed by atoms with Gasteiger partial charge in [-0.2, -0.15) is 0 Å². The number of pyridine rings is 1. The third-order valence-electron chi connectivity index (χ3n) is 3.80. The summed E-state index contributed by atoms with van der Waals surface area (Å²) in [5.74, 6) is 0.548. The fourth-order valence-corrected chi connectivity index (χ4v) is 6.06. The van der Waals surface area contributed by atoms with Crippen molar-refractivity contribution in [3.63, 3.8) is 0 Å². The van der Waals surface area contributed by atoms with Crippen LogP contribution in [0.4, 0.5) is 0 Å². The molecule has 1 aliphatic carbocycles. The number of rotatable bonds is 5. The maximum atomic E-state index is 12.3. The summed E-state index contributed by atoms with van der Waals surface area (Å²) in [5, 5.41) is 0.570. The lowest BCUT2D eigenvalue weighted by Gasteiger charge is -2.28. The molecule has 3 rings (SSSR count). The number of hydrogen-bond donors (Lipinski definition) is 1. The Morgan fingerprint density at radius 2 is 1.96 bits per heavy atom. The van der Waals surface area contributed by atoms with Gasteiger partial charge in [0.05, 0.1) is 8.81 Å². The van der Waals surface area contributed by atoms with Crippen LogP contribution < -0.4 is 9.46 Å². The van der Waals surface area contributed by atoms with E-state index in [9.17, 15) is 8.42 Å². The number of ether oxygens (including phenoxy) is 1. The highest BCUT2D eigenvalue weighted by atomic mass is 79.9. The molecular weight excluding hydrogens is 436 g/mol. The summed E-state index contributed by atoms with van der Waals surface area (Å²) in [6, 6.07) is 6.77. The minimum atomic E-state index is -3.45. The van der Waals surface area contributed by atoms with E-state index in [4.69, 9.17) is 16.3 Å². The first-order valence-electron chi connectivity index (χ1n) is 7.48. The molecule has 1 aliphatic rings. The fraction of sp³-hybridized carbons (Fsp3) is 0.400. The van der Waals surface area contributed by atoms with E-state index in [-0.39, 0.29) is 12.1 Å². The minimum Gasteiger partial charge on any atom is -0.474 e. The summed E-state index contributed by atoms with van der Waals surface area (Å²) in [6.07, 6.45) is 4.65. The molecule has 1 fully saturated rings. The Morgan fingerprint density at radius 1 is 1.21 bits per heavy atom. The van der Waals surface area contributed by atoms with Gasteiger partial charge in [-0.3, -0.25) is 0 Å². The summed E-state index contributed by atoms with van der Waals surface area (Å²) in [4.78, 5) is 4.12. The molecule has 0 unspecified atom stereocenters. The van der Waals surface area contributed by atoms with E-state index in [1.807, 2.05) is 0 Å². The number of nitrogens with one attached hydrogen (secondary N) is 1. The zero-order valence-corrected chi connectivity index (χ0v) is 16.6. The molecule has 0 spiro atoms. The van der Waals surface area contributed by atoms with Gasteiger partial charge in [-0.25, -0.2) is 18.1 Å². The largest absolute Gasteiger partial charge is 0.474 e. The van der Waals surface area contributed by atoms with Gasteiger partial charge in [0.25, 0.3) is 0 Å². The number of hydrogen-bond acceptors (Lipinski definition) is 5. The van der Waals surface area contributed by atoms with Crippen LogP contribution in [-0.4, -0.2) is 25.5 Å².